The van der Waals surface area contributed by atoms with E-state index in [4.69, 9.17) is 18.9 Å². The van der Waals surface area contributed by atoms with Crippen LogP contribution in [0.4, 0.5) is 0 Å². The van der Waals surface area contributed by atoms with E-state index in [-0.39, 0.29) is 30.3 Å². The Kier molecular flexibility index (Phi) is 3.96. The third-order valence-electron chi connectivity index (χ3n) is 5.50. The highest BCUT2D eigenvalue weighted by Crippen LogP contribution is 2.56. The van der Waals surface area contributed by atoms with Crippen LogP contribution >= 0.6 is 0 Å². The number of morpholine rings is 1. The van der Waals surface area contributed by atoms with Crippen molar-refractivity contribution in [2.45, 2.75) is 31.7 Å². The Labute approximate surface area is 139 Å². The van der Waals surface area contributed by atoms with E-state index in [0.717, 1.165) is 0 Å². The van der Waals surface area contributed by atoms with Crippen molar-refractivity contribution < 1.29 is 33.3 Å². The lowest BCUT2D eigenvalue weighted by molar-refractivity contribution is -0.168. The van der Waals surface area contributed by atoms with Crippen LogP contribution in [0.15, 0.2) is 0 Å². The SMILES string of the molecule is CC(=O)OC1C2CC3C(OC(=O)C31)C2OC(=O)CN1CCOCC1. The largest absolute Gasteiger partial charge is 0.461 e. The van der Waals surface area contributed by atoms with Gasteiger partial charge in [0.05, 0.1) is 19.8 Å². The van der Waals surface area contributed by atoms with Gasteiger partial charge in [-0.05, 0) is 6.42 Å². The normalized spacial score (nSPS) is 40.5. The molecule has 4 rings (SSSR count). The van der Waals surface area contributed by atoms with E-state index in [2.05, 4.69) is 0 Å². The minimum Gasteiger partial charge on any atom is -0.461 e. The maximum atomic E-state index is 12.3. The molecule has 4 fully saturated rings. The first-order valence-corrected chi connectivity index (χ1v) is 8.42. The molecule has 2 bridgehead atoms. The minimum atomic E-state index is -0.542. The van der Waals surface area contributed by atoms with Gasteiger partial charge in [0.1, 0.15) is 24.2 Å². The fraction of sp³-hybridized carbons (Fsp3) is 0.812. The summed E-state index contributed by atoms with van der Waals surface area (Å²) in [5, 5.41) is 0. The second kappa shape index (κ2) is 6.00. The number of hydrogen-bond donors (Lipinski definition) is 0. The standard InChI is InChI=1S/C16H21NO7/c1-8(18)22-13-10-6-9-12(13)16(20)24-14(9)15(10)23-11(19)7-17-2-4-21-5-3-17/h9-10,12-15H,2-7H2,1H3. The minimum absolute atomic E-state index is 0.0203. The Morgan fingerprint density at radius 3 is 2.62 bits per heavy atom. The van der Waals surface area contributed by atoms with Gasteiger partial charge < -0.3 is 18.9 Å². The summed E-state index contributed by atoms with van der Waals surface area (Å²) in [6.45, 7) is 4.13. The topological polar surface area (TPSA) is 91.4 Å². The van der Waals surface area contributed by atoms with E-state index in [9.17, 15) is 14.4 Å². The van der Waals surface area contributed by atoms with Crippen LogP contribution in [0.2, 0.25) is 0 Å². The number of carbonyl (C=O) groups excluding carboxylic acids is 3. The summed E-state index contributed by atoms with van der Waals surface area (Å²) in [4.78, 5) is 37.7. The number of esters is 3. The van der Waals surface area contributed by atoms with Crippen LogP contribution < -0.4 is 0 Å². The van der Waals surface area contributed by atoms with Crippen LogP contribution in [0.3, 0.4) is 0 Å². The molecule has 0 N–H and O–H groups in total. The predicted octanol–water partition coefficient (Wildman–Crippen LogP) is -0.647. The lowest BCUT2D eigenvalue weighted by atomic mass is 9.85. The van der Waals surface area contributed by atoms with Crippen LogP contribution in [0.25, 0.3) is 0 Å². The van der Waals surface area contributed by atoms with E-state index in [1.54, 1.807) is 0 Å². The summed E-state index contributed by atoms with van der Waals surface area (Å²) in [7, 11) is 0. The Hall–Kier alpha value is -1.67. The lowest BCUT2D eigenvalue weighted by Gasteiger charge is -2.32. The second-order valence-corrected chi connectivity index (χ2v) is 6.91. The zero-order valence-electron chi connectivity index (χ0n) is 13.5. The molecule has 2 aliphatic carbocycles. The van der Waals surface area contributed by atoms with Crippen molar-refractivity contribution >= 4 is 17.9 Å². The van der Waals surface area contributed by atoms with Crippen LogP contribution in [0.1, 0.15) is 13.3 Å². The first-order chi connectivity index (χ1) is 11.5. The molecule has 132 valence electrons. The maximum Gasteiger partial charge on any atom is 0.320 e. The zero-order chi connectivity index (χ0) is 16.8. The predicted molar refractivity (Wildman–Crippen MR) is 77.7 cm³/mol. The van der Waals surface area contributed by atoms with E-state index in [1.165, 1.54) is 6.92 Å². The van der Waals surface area contributed by atoms with Gasteiger partial charge in [0.25, 0.3) is 0 Å². The quantitative estimate of drug-likeness (QED) is 0.493. The van der Waals surface area contributed by atoms with Gasteiger partial charge in [-0.2, -0.15) is 0 Å². The van der Waals surface area contributed by atoms with Crippen LogP contribution in [0.5, 0.6) is 0 Å². The molecule has 2 saturated carbocycles. The van der Waals surface area contributed by atoms with Gasteiger partial charge in [0.15, 0.2) is 0 Å². The molecule has 4 aliphatic rings. The maximum absolute atomic E-state index is 12.3. The molecular weight excluding hydrogens is 318 g/mol. The third-order valence-corrected chi connectivity index (χ3v) is 5.50. The van der Waals surface area contributed by atoms with Crippen molar-refractivity contribution in [3.05, 3.63) is 0 Å². The molecule has 0 radical (unpaired) electrons. The fourth-order valence-electron chi connectivity index (χ4n) is 4.57. The van der Waals surface area contributed by atoms with Crippen LogP contribution in [-0.2, 0) is 33.3 Å². The van der Waals surface area contributed by atoms with Gasteiger partial charge in [-0.15, -0.1) is 0 Å². The molecule has 6 atom stereocenters. The van der Waals surface area contributed by atoms with Crippen molar-refractivity contribution in [3.63, 3.8) is 0 Å². The third kappa shape index (κ3) is 2.57. The summed E-state index contributed by atoms with van der Waals surface area (Å²) in [5.41, 5.74) is 0. The van der Waals surface area contributed by atoms with E-state index in [0.29, 0.717) is 32.7 Å². The lowest BCUT2D eigenvalue weighted by Crippen LogP contribution is -2.46. The average Bonchev–Trinajstić information content (AvgIpc) is 3.12. The van der Waals surface area contributed by atoms with E-state index >= 15 is 0 Å². The first-order valence-electron chi connectivity index (χ1n) is 8.42. The molecular formula is C16H21NO7. The molecule has 0 aromatic heterocycles. The molecule has 2 saturated heterocycles. The van der Waals surface area contributed by atoms with Crippen molar-refractivity contribution in [2.75, 3.05) is 32.8 Å². The van der Waals surface area contributed by atoms with Gasteiger partial charge in [-0.25, -0.2) is 0 Å². The number of fused-ring (bicyclic) bond motifs is 1. The Bertz CT molecular complexity index is 559. The molecule has 2 heterocycles. The van der Waals surface area contributed by atoms with Crippen LogP contribution in [-0.4, -0.2) is 74.0 Å². The zero-order valence-corrected chi connectivity index (χ0v) is 13.5. The Morgan fingerprint density at radius 2 is 1.92 bits per heavy atom. The number of hydrogen-bond acceptors (Lipinski definition) is 8. The van der Waals surface area contributed by atoms with Gasteiger partial charge in [0, 0.05) is 31.8 Å². The Morgan fingerprint density at radius 1 is 1.17 bits per heavy atom. The number of carbonyl (C=O) groups is 3. The van der Waals surface area contributed by atoms with E-state index < -0.39 is 30.2 Å². The van der Waals surface area contributed by atoms with Crippen molar-refractivity contribution in [1.82, 2.24) is 4.90 Å². The second-order valence-electron chi connectivity index (χ2n) is 6.91. The van der Waals surface area contributed by atoms with Crippen molar-refractivity contribution in [2.24, 2.45) is 17.8 Å². The molecule has 8 nitrogen and oxygen atoms in total. The summed E-state index contributed by atoms with van der Waals surface area (Å²) in [5.74, 6) is -1.69. The highest BCUT2D eigenvalue weighted by atomic mass is 16.6. The highest BCUT2D eigenvalue weighted by molar-refractivity contribution is 5.79. The average molecular weight is 339 g/mol. The summed E-state index contributed by atoms with van der Waals surface area (Å²) in [6.07, 6.45) is -0.766. The Balaban J connectivity index is 1.42. The molecule has 24 heavy (non-hydrogen) atoms. The molecule has 2 aliphatic heterocycles. The summed E-state index contributed by atoms with van der Waals surface area (Å²) in [6, 6.07) is 0. The first kappa shape index (κ1) is 15.8. The van der Waals surface area contributed by atoms with Gasteiger partial charge in [-0.3, -0.25) is 19.3 Å². The molecule has 8 heteroatoms. The monoisotopic (exact) mass is 339 g/mol. The molecule has 0 aromatic carbocycles. The smallest absolute Gasteiger partial charge is 0.320 e. The fourth-order valence-corrected chi connectivity index (χ4v) is 4.57. The number of nitrogens with zero attached hydrogens (tertiary/aromatic N) is 1. The molecule has 0 amide bonds. The summed E-state index contributed by atoms with van der Waals surface area (Å²) < 4.78 is 21.7. The van der Waals surface area contributed by atoms with Crippen LogP contribution in [0, 0.1) is 17.8 Å². The van der Waals surface area contributed by atoms with E-state index in [1.807, 2.05) is 4.90 Å². The summed E-state index contributed by atoms with van der Waals surface area (Å²) >= 11 is 0. The molecule has 0 aromatic rings. The van der Waals surface area contributed by atoms with Crippen molar-refractivity contribution in [3.8, 4) is 0 Å². The van der Waals surface area contributed by atoms with Gasteiger partial charge in [0.2, 0.25) is 0 Å². The van der Waals surface area contributed by atoms with Gasteiger partial charge >= 0.3 is 17.9 Å². The highest BCUT2D eigenvalue weighted by Gasteiger charge is 2.69. The van der Waals surface area contributed by atoms with Gasteiger partial charge in [-0.1, -0.05) is 0 Å². The molecule has 6 unspecified atom stereocenters. The van der Waals surface area contributed by atoms with Crippen molar-refractivity contribution in [1.29, 1.82) is 0 Å². The number of rotatable bonds is 4. The number of ether oxygens (including phenoxy) is 4. The molecule has 0 spiro atoms.